The topological polar surface area (TPSA) is 125 Å². The average Bonchev–Trinajstić information content (AvgIpc) is 3.78. The first-order chi connectivity index (χ1) is 25.1. The van der Waals surface area contributed by atoms with Crippen molar-refractivity contribution >= 4 is 35.4 Å². The monoisotopic (exact) mass is 734 g/mol. The minimum atomic E-state index is -0.627. The van der Waals surface area contributed by atoms with Crippen LogP contribution >= 0.6 is 0 Å². The van der Waals surface area contributed by atoms with E-state index >= 15 is 0 Å². The number of hydrogen-bond donors (Lipinski definition) is 0. The number of morpholine rings is 1. The van der Waals surface area contributed by atoms with E-state index in [0.29, 0.717) is 58.0 Å². The second kappa shape index (κ2) is 14.1. The molecule has 1 aromatic carbocycles. The van der Waals surface area contributed by atoms with Gasteiger partial charge < -0.3 is 24.0 Å². The third kappa shape index (κ3) is 7.56. The molecule has 0 N–H and O–H groups in total. The summed E-state index contributed by atoms with van der Waals surface area (Å²) in [4.78, 5) is 55.1. The molecule has 4 aliphatic rings. The number of anilines is 2. The maximum atomic E-state index is 14.7. The molecule has 4 aliphatic heterocycles. The van der Waals surface area contributed by atoms with Gasteiger partial charge in [0.25, 0.3) is 5.95 Å². The molecule has 14 nitrogen and oxygen atoms in total. The number of pyridine rings is 1. The van der Waals surface area contributed by atoms with Crippen LogP contribution in [0.2, 0.25) is 0 Å². The predicted octanol–water partition coefficient (Wildman–Crippen LogP) is 4.07. The number of carbonyl (C=O) groups excluding carboxylic acids is 3. The lowest BCUT2D eigenvalue weighted by atomic mass is 9.90. The van der Waals surface area contributed by atoms with Crippen LogP contribution in [-0.4, -0.2) is 137 Å². The number of aromatic nitrogens is 3. The first-order valence-electron chi connectivity index (χ1n) is 18.6. The molecule has 3 fully saturated rings. The number of ether oxygens (including phenoxy) is 3. The number of benzene rings is 1. The first-order valence-corrected chi connectivity index (χ1v) is 18.6. The Kier molecular flexibility index (Phi) is 9.87. The Hall–Kier alpha value is -4.34. The van der Waals surface area contributed by atoms with E-state index in [0.717, 1.165) is 29.1 Å². The predicted molar refractivity (Wildman–Crippen MR) is 196 cm³/mol. The molecule has 0 spiro atoms. The van der Waals surface area contributed by atoms with Crippen molar-refractivity contribution in [3.8, 4) is 0 Å². The molecular weight excluding hydrogens is 683 g/mol. The van der Waals surface area contributed by atoms with Crippen LogP contribution < -0.4 is 9.80 Å². The van der Waals surface area contributed by atoms with Crippen LogP contribution in [0.25, 0.3) is 5.65 Å². The smallest absolute Gasteiger partial charge is 0.416 e. The fourth-order valence-electron chi connectivity index (χ4n) is 7.94. The van der Waals surface area contributed by atoms with Gasteiger partial charge in [0.05, 0.1) is 37.7 Å². The molecule has 53 heavy (non-hydrogen) atoms. The van der Waals surface area contributed by atoms with Crippen LogP contribution in [-0.2, 0) is 30.8 Å². The second-order valence-corrected chi connectivity index (χ2v) is 16.5. The van der Waals surface area contributed by atoms with Crippen molar-refractivity contribution in [1.29, 1.82) is 0 Å². The maximum Gasteiger partial charge on any atom is 0.416 e. The van der Waals surface area contributed by atoms with E-state index in [1.165, 1.54) is 17.0 Å². The Morgan fingerprint density at radius 3 is 2.47 bits per heavy atom. The van der Waals surface area contributed by atoms with E-state index in [1.54, 1.807) is 21.5 Å². The lowest BCUT2D eigenvalue weighted by Crippen LogP contribution is -2.64. The molecule has 3 aromatic rings. The Bertz CT molecular complexity index is 1880. The summed E-state index contributed by atoms with van der Waals surface area (Å²) in [5.74, 6) is -0.157. The van der Waals surface area contributed by atoms with Gasteiger partial charge in [0, 0.05) is 68.2 Å². The molecule has 0 saturated carbocycles. The van der Waals surface area contributed by atoms with Gasteiger partial charge in [0.1, 0.15) is 18.0 Å². The summed E-state index contributed by atoms with van der Waals surface area (Å²) < 4.78 is 32.3. The highest BCUT2D eigenvalue weighted by molar-refractivity contribution is 5.98. The molecule has 0 bridgehead atoms. The number of nitrogens with zero attached hydrogens (tertiary/aromatic N) is 8. The summed E-state index contributed by atoms with van der Waals surface area (Å²) in [7, 11) is 0. The highest BCUT2D eigenvalue weighted by Crippen LogP contribution is 2.42. The Balaban J connectivity index is 1.22. The van der Waals surface area contributed by atoms with E-state index in [1.807, 2.05) is 38.7 Å². The van der Waals surface area contributed by atoms with Crippen LogP contribution in [0, 0.1) is 5.82 Å². The van der Waals surface area contributed by atoms with Crippen LogP contribution in [0.4, 0.5) is 25.6 Å². The Morgan fingerprint density at radius 2 is 1.79 bits per heavy atom. The van der Waals surface area contributed by atoms with Crippen LogP contribution in [0.5, 0.6) is 0 Å². The molecule has 0 aliphatic carbocycles. The summed E-state index contributed by atoms with van der Waals surface area (Å²) in [6, 6.07) is 8.22. The van der Waals surface area contributed by atoms with E-state index in [9.17, 15) is 18.8 Å². The van der Waals surface area contributed by atoms with Gasteiger partial charge in [-0.2, -0.15) is 4.98 Å². The highest BCUT2D eigenvalue weighted by Gasteiger charge is 2.44. The molecule has 15 heteroatoms. The zero-order valence-corrected chi connectivity index (χ0v) is 31.8. The number of rotatable bonds is 7. The fourth-order valence-corrected chi connectivity index (χ4v) is 7.94. The number of hydrogen-bond acceptors (Lipinski definition) is 10. The first kappa shape index (κ1) is 37.0. The summed E-state index contributed by atoms with van der Waals surface area (Å²) >= 11 is 0. The molecule has 6 heterocycles. The molecule has 3 saturated heterocycles. The van der Waals surface area contributed by atoms with Gasteiger partial charge in [-0.3, -0.25) is 14.6 Å². The second-order valence-electron chi connectivity index (χ2n) is 16.5. The normalized spacial score (nSPS) is 23.8. The quantitative estimate of drug-likeness (QED) is 0.351. The van der Waals surface area contributed by atoms with Crippen LogP contribution in [0.3, 0.4) is 0 Å². The zero-order valence-electron chi connectivity index (χ0n) is 31.8. The lowest BCUT2D eigenvalue weighted by molar-refractivity contribution is -0.121. The third-order valence-electron chi connectivity index (χ3n) is 10.6. The third-order valence-corrected chi connectivity index (χ3v) is 10.6. The van der Waals surface area contributed by atoms with Gasteiger partial charge in [-0.25, -0.2) is 23.4 Å². The van der Waals surface area contributed by atoms with Gasteiger partial charge in [-0.05, 0) is 58.4 Å². The SMILES string of the molecule is C[C@@H]1COCCN1C[C@H]1CN(C(=O)OC(C)(C)C)[C@H](C)CN1CC(=O)N1CC(C)(C)c2c1cc(Cc1ccc(F)cc1)c1nc(N3CCOC3=O)nn21. The Labute approximate surface area is 309 Å². The summed E-state index contributed by atoms with van der Waals surface area (Å²) in [6.07, 6.45) is -0.444. The largest absolute Gasteiger partial charge is 0.447 e. The van der Waals surface area contributed by atoms with Crippen molar-refractivity contribution < 1.29 is 33.0 Å². The molecule has 3 atom stereocenters. The minimum absolute atomic E-state index is 0.0645. The number of carbonyl (C=O) groups is 3. The van der Waals surface area contributed by atoms with E-state index < -0.39 is 17.1 Å². The number of fused-ring (bicyclic) bond motifs is 3. The number of cyclic esters (lactones) is 1. The van der Waals surface area contributed by atoms with Crippen LogP contribution in [0.1, 0.15) is 65.3 Å². The highest BCUT2D eigenvalue weighted by atomic mass is 19.1. The molecule has 0 unspecified atom stereocenters. The van der Waals surface area contributed by atoms with Gasteiger partial charge >= 0.3 is 12.2 Å². The summed E-state index contributed by atoms with van der Waals surface area (Å²) in [5, 5.41) is 4.84. The van der Waals surface area contributed by atoms with Crippen molar-refractivity contribution in [3.63, 3.8) is 0 Å². The maximum absolute atomic E-state index is 14.7. The van der Waals surface area contributed by atoms with E-state index in [-0.39, 0.29) is 55.0 Å². The molecule has 3 amide bonds. The van der Waals surface area contributed by atoms with Crippen molar-refractivity contribution in [1.82, 2.24) is 29.3 Å². The van der Waals surface area contributed by atoms with Crippen molar-refractivity contribution in [2.75, 3.05) is 75.4 Å². The van der Waals surface area contributed by atoms with Gasteiger partial charge in [0.15, 0.2) is 5.65 Å². The molecule has 2 aromatic heterocycles. The summed E-state index contributed by atoms with van der Waals surface area (Å²) in [6.45, 7) is 18.7. The zero-order chi connectivity index (χ0) is 37.8. The number of piperazine rings is 1. The van der Waals surface area contributed by atoms with E-state index in [4.69, 9.17) is 24.3 Å². The van der Waals surface area contributed by atoms with Crippen molar-refractivity contribution in [2.24, 2.45) is 0 Å². The number of amides is 3. The standard InChI is InChI=1S/C38H51FN8O6/c1-24-18-43(29(19-42-12-14-51-22-25(42)2)20-45(24)36(50)53-37(3,4)5)21-31(48)46-23-38(6,7)32-30(46)17-27(16-26-8-10-28(39)11-9-26)33-40-34(41-47(32)33)44-13-15-52-35(44)49/h8-11,17,24-25,29H,12-16,18-23H2,1-7H3/t24-,25-,29+/m1/s1. The van der Waals surface area contributed by atoms with Gasteiger partial charge in [0.2, 0.25) is 5.91 Å². The van der Waals surface area contributed by atoms with Crippen LogP contribution in [0.15, 0.2) is 30.3 Å². The molecule has 0 radical (unpaired) electrons. The molecule has 7 rings (SSSR count). The molecular formula is C38H51FN8O6. The fraction of sp³-hybridized carbons (Fsp3) is 0.605. The summed E-state index contributed by atoms with van der Waals surface area (Å²) in [5.41, 5.74) is 2.62. The Morgan fingerprint density at radius 1 is 1.04 bits per heavy atom. The average molecular weight is 735 g/mol. The number of halogens is 1. The van der Waals surface area contributed by atoms with Crippen molar-refractivity contribution in [2.45, 2.75) is 84.0 Å². The molecule has 286 valence electrons. The minimum Gasteiger partial charge on any atom is -0.447 e. The van der Waals surface area contributed by atoms with E-state index in [2.05, 4.69) is 30.6 Å². The lowest BCUT2D eigenvalue weighted by Gasteiger charge is -2.47. The van der Waals surface area contributed by atoms with Gasteiger partial charge in [-0.1, -0.05) is 26.0 Å². The van der Waals surface area contributed by atoms with Gasteiger partial charge in [-0.15, -0.1) is 5.10 Å². The van der Waals surface area contributed by atoms with Crippen molar-refractivity contribution in [3.05, 3.63) is 53.0 Å².